The van der Waals surface area contributed by atoms with Crippen LogP contribution in [0.5, 0.6) is 0 Å². The summed E-state index contributed by atoms with van der Waals surface area (Å²) < 4.78 is 12.2. The molecular weight excluding hydrogens is 304 g/mol. The van der Waals surface area contributed by atoms with E-state index in [1.807, 2.05) is 18.4 Å². The van der Waals surface area contributed by atoms with Gasteiger partial charge in [-0.25, -0.2) is 0 Å². The second kappa shape index (κ2) is 5.80. The van der Waals surface area contributed by atoms with Gasteiger partial charge in [-0.2, -0.15) is 0 Å². The Morgan fingerprint density at radius 2 is 2.29 bits per heavy atom. The van der Waals surface area contributed by atoms with E-state index in [2.05, 4.69) is 15.9 Å². The van der Waals surface area contributed by atoms with E-state index in [1.54, 1.807) is 11.3 Å². The molecule has 0 radical (unpaired) electrons. The summed E-state index contributed by atoms with van der Waals surface area (Å²) in [7, 11) is 0. The number of ether oxygens (including phenoxy) is 2. The van der Waals surface area contributed by atoms with E-state index in [4.69, 9.17) is 9.47 Å². The molecule has 1 fully saturated rings. The summed E-state index contributed by atoms with van der Waals surface area (Å²) in [6.07, 6.45) is 0.902. The lowest BCUT2D eigenvalue weighted by molar-refractivity contribution is -0.167. The topological polar surface area (TPSA) is 38.7 Å². The molecule has 1 aromatic heterocycles. The Hall–Kier alpha value is 0.0600. The lowest BCUT2D eigenvalue weighted by atomic mass is 9.87. The zero-order valence-electron chi connectivity index (χ0n) is 9.82. The molecule has 1 saturated heterocycles. The number of hydrogen-bond acceptors (Lipinski definition) is 4. The molecule has 1 aromatic rings. The average molecular weight is 321 g/mol. The lowest BCUT2D eigenvalue weighted by Crippen LogP contribution is -2.44. The minimum Gasteiger partial charge on any atom is -0.384 e. The normalized spacial score (nSPS) is 21.4. The largest absolute Gasteiger partial charge is 0.384 e. The number of thiophene rings is 1. The van der Waals surface area contributed by atoms with Gasteiger partial charge >= 0.3 is 0 Å². The standard InChI is InChI=1S/C12H17BrO3S/c1-2-16-12(4-6-15-7-5-12)11(14)10-9(13)3-8-17-10/h3,8,11,14H,2,4-7H2,1H3. The Balaban J connectivity index is 2.23. The minimum atomic E-state index is -0.583. The fourth-order valence-corrected chi connectivity index (χ4v) is 3.92. The van der Waals surface area contributed by atoms with Crippen molar-refractivity contribution in [3.8, 4) is 0 Å². The number of aliphatic hydroxyl groups is 1. The number of hydrogen-bond donors (Lipinski definition) is 1. The van der Waals surface area contributed by atoms with Gasteiger partial charge in [-0.1, -0.05) is 0 Å². The summed E-state index contributed by atoms with van der Waals surface area (Å²) in [5.74, 6) is 0. The molecule has 0 aliphatic carbocycles. The minimum absolute atomic E-state index is 0.486. The molecule has 5 heteroatoms. The van der Waals surface area contributed by atoms with E-state index in [9.17, 15) is 5.11 Å². The first-order valence-electron chi connectivity index (χ1n) is 5.82. The van der Waals surface area contributed by atoms with Crippen LogP contribution in [0.2, 0.25) is 0 Å². The highest BCUT2D eigenvalue weighted by molar-refractivity contribution is 9.10. The summed E-state index contributed by atoms with van der Waals surface area (Å²) in [6, 6.07) is 1.96. The van der Waals surface area contributed by atoms with Crippen LogP contribution in [0.25, 0.3) is 0 Å². The Labute approximate surface area is 114 Å². The smallest absolute Gasteiger partial charge is 0.118 e. The van der Waals surface area contributed by atoms with E-state index in [-0.39, 0.29) is 0 Å². The van der Waals surface area contributed by atoms with Gasteiger partial charge in [0, 0.05) is 37.1 Å². The molecule has 1 N–H and O–H groups in total. The maximum absolute atomic E-state index is 10.6. The predicted molar refractivity (Wildman–Crippen MR) is 71.4 cm³/mol. The fourth-order valence-electron chi connectivity index (χ4n) is 2.24. The van der Waals surface area contributed by atoms with Gasteiger partial charge in [-0.15, -0.1) is 11.3 Å². The van der Waals surface area contributed by atoms with Gasteiger partial charge in [-0.05, 0) is 34.3 Å². The molecule has 1 aliphatic rings. The highest BCUT2D eigenvalue weighted by Crippen LogP contribution is 2.42. The third-order valence-electron chi connectivity index (χ3n) is 3.16. The molecule has 96 valence electrons. The van der Waals surface area contributed by atoms with Crippen molar-refractivity contribution in [2.45, 2.75) is 31.5 Å². The Morgan fingerprint density at radius 1 is 1.59 bits per heavy atom. The molecule has 0 spiro atoms. The first-order valence-corrected chi connectivity index (χ1v) is 7.49. The van der Waals surface area contributed by atoms with Crippen LogP contribution in [0, 0.1) is 0 Å². The molecule has 1 aliphatic heterocycles. The van der Waals surface area contributed by atoms with Crippen LogP contribution in [-0.4, -0.2) is 30.5 Å². The van der Waals surface area contributed by atoms with Gasteiger partial charge < -0.3 is 14.6 Å². The highest BCUT2D eigenvalue weighted by Gasteiger charge is 2.42. The molecule has 2 heterocycles. The zero-order valence-corrected chi connectivity index (χ0v) is 12.2. The fraction of sp³-hybridized carbons (Fsp3) is 0.667. The quantitative estimate of drug-likeness (QED) is 0.926. The molecule has 0 amide bonds. The monoisotopic (exact) mass is 320 g/mol. The van der Waals surface area contributed by atoms with Gasteiger partial charge in [0.1, 0.15) is 11.7 Å². The van der Waals surface area contributed by atoms with Crippen molar-refractivity contribution in [3.63, 3.8) is 0 Å². The van der Waals surface area contributed by atoms with Crippen molar-refractivity contribution in [1.82, 2.24) is 0 Å². The van der Waals surface area contributed by atoms with Crippen LogP contribution in [0.3, 0.4) is 0 Å². The van der Waals surface area contributed by atoms with Crippen LogP contribution in [-0.2, 0) is 9.47 Å². The predicted octanol–water partition coefficient (Wildman–Crippen LogP) is 3.13. The summed E-state index contributed by atoms with van der Waals surface area (Å²) in [6.45, 7) is 3.88. The average Bonchev–Trinajstić information content (AvgIpc) is 2.76. The third kappa shape index (κ3) is 2.74. The van der Waals surface area contributed by atoms with Crippen LogP contribution in [0.15, 0.2) is 15.9 Å². The van der Waals surface area contributed by atoms with Crippen molar-refractivity contribution in [2.75, 3.05) is 19.8 Å². The van der Waals surface area contributed by atoms with Gasteiger partial charge in [0.25, 0.3) is 0 Å². The van der Waals surface area contributed by atoms with Crippen molar-refractivity contribution in [3.05, 3.63) is 20.8 Å². The molecule has 17 heavy (non-hydrogen) atoms. The second-order valence-corrected chi connectivity index (χ2v) is 5.95. The van der Waals surface area contributed by atoms with Crippen LogP contribution in [0.1, 0.15) is 30.7 Å². The Bertz CT molecular complexity index is 355. The van der Waals surface area contributed by atoms with E-state index >= 15 is 0 Å². The molecule has 0 bridgehead atoms. The van der Waals surface area contributed by atoms with E-state index in [0.717, 1.165) is 22.2 Å². The molecule has 2 rings (SSSR count). The summed E-state index contributed by atoms with van der Waals surface area (Å²) in [4.78, 5) is 0.945. The third-order valence-corrected chi connectivity index (χ3v) is 5.09. The SMILES string of the molecule is CCOC1(C(O)c2sccc2Br)CCOCC1. The molecule has 0 aromatic carbocycles. The van der Waals surface area contributed by atoms with Gasteiger partial charge in [0.15, 0.2) is 0 Å². The Morgan fingerprint density at radius 3 is 2.82 bits per heavy atom. The Kier molecular flexibility index (Phi) is 4.60. The van der Waals surface area contributed by atoms with Gasteiger partial charge in [-0.3, -0.25) is 0 Å². The zero-order chi connectivity index (χ0) is 12.3. The van der Waals surface area contributed by atoms with Crippen LogP contribution >= 0.6 is 27.3 Å². The first-order chi connectivity index (χ1) is 8.19. The van der Waals surface area contributed by atoms with Crippen molar-refractivity contribution in [1.29, 1.82) is 0 Å². The van der Waals surface area contributed by atoms with Crippen molar-refractivity contribution >= 4 is 27.3 Å². The lowest BCUT2D eigenvalue weighted by Gasteiger charge is -2.40. The van der Waals surface area contributed by atoms with Gasteiger partial charge in [0.2, 0.25) is 0 Å². The maximum Gasteiger partial charge on any atom is 0.118 e. The molecule has 3 nitrogen and oxygen atoms in total. The number of rotatable bonds is 4. The molecule has 1 unspecified atom stereocenters. The summed E-state index contributed by atoms with van der Waals surface area (Å²) in [5.41, 5.74) is -0.486. The van der Waals surface area contributed by atoms with E-state index in [0.29, 0.717) is 19.8 Å². The second-order valence-electron chi connectivity index (χ2n) is 4.15. The first kappa shape index (κ1) is 13.5. The molecule has 1 atom stereocenters. The van der Waals surface area contributed by atoms with E-state index < -0.39 is 11.7 Å². The van der Waals surface area contributed by atoms with Crippen LogP contribution in [0.4, 0.5) is 0 Å². The number of halogens is 1. The molecule has 0 saturated carbocycles. The summed E-state index contributed by atoms with van der Waals surface area (Å²) in [5, 5.41) is 12.6. The highest BCUT2D eigenvalue weighted by atomic mass is 79.9. The van der Waals surface area contributed by atoms with Crippen molar-refractivity contribution < 1.29 is 14.6 Å². The summed E-state index contributed by atoms with van der Waals surface area (Å²) >= 11 is 5.03. The van der Waals surface area contributed by atoms with Gasteiger partial charge in [0.05, 0.1) is 4.88 Å². The van der Waals surface area contributed by atoms with E-state index in [1.165, 1.54) is 0 Å². The number of aliphatic hydroxyl groups excluding tert-OH is 1. The maximum atomic E-state index is 10.6. The molecular formula is C12H17BrO3S. The van der Waals surface area contributed by atoms with Crippen LogP contribution < -0.4 is 0 Å². The van der Waals surface area contributed by atoms with Crippen molar-refractivity contribution in [2.24, 2.45) is 0 Å².